The molecule has 4 rings (SSSR count). The number of halogens is 1. The summed E-state index contributed by atoms with van der Waals surface area (Å²) < 4.78 is 12.2. The summed E-state index contributed by atoms with van der Waals surface area (Å²) in [4.78, 5) is 5.22. The fourth-order valence-electron chi connectivity index (χ4n) is 5.02. The molecule has 0 aromatic heterocycles. The Kier molecular flexibility index (Phi) is 7.21. The van der Waals surface area contributed by atoms with Crippen molar-refractivity contribution in [3.05, 3.63) is 52.5 Å². The molecule has 2 saturated heterocycles. The Labute approximate surface area is 189 Å². The lowest BCUT2D eigenvalue weighted by atomic mass is 9.88. The second kappa shape index (κ2) is 10.1. The van der Waals surface area contributed by atoms with Crippen molar-refractivity contribution in [3.8, 4) is 11.5 Å². The number of hydrogen-bond acceptors (Lipinski definition) is 4. The Bertz CT molecular complexity index is 828. The molecule has 162 valence electrons. The zero-order valence-corrected chi connectivity index (χ0v) is 19.7. The van der Waals surface area contributed by atoms with E-state index in [9.17, 15) is 0 Å². The first-order chi connectivity index (χ1) is 14.7. The second-order valence-corrected chi connectivity index (χ2v) is 9.39. The first kappa shape index (κ1) is 21.5. The standard InChI is InChI=1S/C25H33BrN2O2/c1-29-22-7-8-24(25(18-22)30-2)28-15-11-21(12-16-28)27-13-9-19(10-14-27)17-20-5-3-4-6-23(20)26/h3-8,18-19,21H,9-17H2,1-2H3. The average Bonchev–Trinajstić information content (AvgIpc) is 2.81. The molecule has 30 heavy (non-hydrogen) atoms. The SMILES string of the molecule is COc1ccc(N2CCC(N3CCC(Cc4ccccc4Br)CC3)CC2)c(OC)c1. The van der Waals surface area contributed by atoms with Gasteiger partial charge < -0.3 is 19.3 Å². The minimum absolute atomic E-state index is 0.718. The van der Waals surface area contributed by atoms with Crippen molar-refractivity contribution in [2.75, 3.05) is 45.3 Å². The van der Waals surface area contributed by atoms with Gasteiger partial charge in [0.05, 0.1) is 19.9 Å². The molecular formula is C25H33BrN2O2. The van der Waals surface area contributed by atoms with Crippen molar-refractivity contribution in [2.24, 2.45) is 5.92 Å². The number of hydrogen-bond donors (Lipinski definition) is 0. The number of ether oxygens (including phenoxy) is 2. The van der Waals surface area contributed by atoms with E-state index in [1.54, 1.807) is 14.2 Å². The molecule has 0 N–H and O–H groups in total. The summed E-state index contributed by atoms with van der Waals surface area (Å²) in [6, 6.07) is 15.5. The molecule has 2 aromatic carbocycles. The topological polar surface area (TPSA) is 24.9 Å². The van der Waals surface area contributed by atoms with Gasteiger partial charge in [-0.2, -0.15) is 0 Å². The van der Waals surface area contributed by atoms with Crippen molar-refractivity contribution < 1.29 is 9.47 Å². The van der Waals surface area contributed by atoms with E-state index in [4.69, 9.17) is 9.47 Å². The van der Waals surface area contributed by atoms with Crippen molar-refractivity contribution in [3.63, 3.8) is 0 Å². The van der Waals surface area contributed by atoms with Crippen LogP contribution >= 0.6 is 15.9 Å². The van der Waals surface area contributed by atoms with Crippen LogP contribution in [0.1, 0.15) is 31.2 Å². The maximum absolute atomic E-state index is 5.62. The van der Waals surface area contributed by atoms with E-state index in [2.05, 4.69) is 56.1 Å². The van der Waals surface area contributed by atoms with Crippen LogP contribution in [-0.2, 0) is 6.42 Å². The van der Waals surface area contributed by atoms with Gasteiger partial charge in [-0.25, -0.2) is 0 Å². The monoisotopic (exact) mass is 472 g/mol. The summed E-state index contributed by atoms with van der Waals surface area (Å²) in [5.41, 5.74) is 2.64. The first-order valence-electron chi connectivity index (χ1n) is 11.1. The number of benzene rings is 2. The summed E-state index contributed by atoms with van der Waals surface area (Å²) in [5.74, 6) is 2.56. The second-order valence-electron chi connectivity index (χ2n) is 8.53. The smallest absolute Gasteiger partial charge is 0.145 e. The molecular weight excluding hydrogens is 440 g/mol. The fraction of sp³-hybridized carbons (Fsp3) is 0.520. The highest BCUT2D eigenvalue weighted by molar-refractivity contribution is 9.10. The predicted molar refractivity (Wildman–Crippen MR) is 127 cm³/mol. The number of piperidine rings is 2. The Morgan fingerprint density at radius 1 is 0.900 bits per heavy atom. The third-order valence-electron chi connectivity index (χ3n) is 6.82. The highest BCUT2D eigenvalue weighted by Crippen LogP contribution is 2.35. The van der Waals surface area contributed by atoms with Crippen LogP contribution in [0.4, 0.5) is 5.69 Å². The van der Waals surface area contributed by atoms with E-state index in [1.165, 1.54) is 60.9 Å². The van der Waals surface area contributed by atoms with Gasteiger partial charge in [0.25, 0.3) is 0 Å². The quantitative estimate of drug-likeness (QED) is 0.562. The fourth-order valence-corrected chi connectivity index (χ4v) is 5.46. The van der Waals surface area contributed by atoms with Crippen LogP contribution in [0.15, 0.2) is 46.9 Å². The number of methoxy groups -OCH3 is 2. The molecule has 0 radical (unpaired) electrons. The summed E-state index contributed by atoms with van der Waals surface area (Å²) in [6.07, 6.45) is 6.28. The van der Waals surface area contributed by atoms with Gasteiger partial charge >= 0.3 is 0 Å². The van der Waals surface area contributed by atoms with Gasteiger partial charge in [0, 0.05) is 29.7 Å². The number of rotatable bonds is 6. The Morgan fingerprint density at radius 2 is 1.63 bits per heavy atom. The van der Waals surface area contributed by atoms with Crippen molar-refractivity contribution in [1.29, 1.82) is 0 Å². The van der Waals surface area contributed by atoms with Gasteiger partial charge in [0.2, 0.25) is 0 Å². The van der Waals surface area contributed by atoms with Gasteiger partial charge in [0.1, 0.15) is 11.5 Å². The highest BCUT2D eigenvalue weighted by Gasteiger charge is 2.29. The molecule has 2 heterocycles. The van der Waals surface area contributed by atoms with E-state index in [0.29, 0.717) is 0 Å². The molecule has 0 amide bonds. The first-order valence-corrected chi connectivity index (χ1v) is 11.9. The molecule has 0 bridgehead atoms. The van der Waals surface area contributed by atoms with Crippen molar-refractivity contribution in [2.45, 2.75) is 38.1 Å². The zero-order valence-electron chi connectivity index (χ0n) is 18.1. The molecule has 0 atom stereocenters. The van der Waals surface area contributed by atoms with E-state index in [0.717, 1.165) is 36.5 Å². The molecule has 4 nitrogen and oxygen atoms in total. The molecule has 0 aliphatic carbocycles. The molecule has 2 aliphatic heterocycles. The summed E-state index contributed by atoms with van der Waals surface area (Å²) >= 11 is 3.71. The molecule has 5 heteroatoms. The maximum atomic E-state index is 5.62. The van der Waals surface area contributed by atoms with Crippen molar-refractivity contribution in [1.82, 2.24) is 4.90 Å². The maximum Gasteiger partial charge on any atom is 0.145 e. The van der Waals surface area contributed by atoms with Crippen LogP contribution in [0.25, 0.3) is 0 Å². The van der Waals surface area contributed by atoms with E-state index in [-0.39, 0.29) is 0 Å². The molecule has 2 aliphatic rings. The highest BCUT2D eigenvalue weighted by atomic mass is 79.9. The van der Waals surface area contributed by atoms with Gasteiger partial charge in [0.15, 0.2) is 0 Å². The van der Waals surface area contributed by atoms with Crippen LogP contribution in [0.2, 0.25) is 0 Å². The van der Waals surface area contributed by atoms with Crippen LogP contribution < -0.4 is 14.4 Å². The van der Waals surface area contributed by atoms with Crippen LogP contribution in [0.3, 0.4) is 0 Å². The Balaban J connectivity index is 1.28. The van der Waals surface area contributed by atoms with E-state index < -0.39 is 0 Å². The van der Waals surface area contributed by atoms with Gasteiger partial charge in [-0.1, -0.05) is 34.1 Å². The molecule has 2 fully saturated rings. The van der Waals surface area contributed by atoms with Crippen LogP contribution in [-0.4, -0.2) is 51.3 Å². The van der Waals surface area contributed by atoms with Gasteiger partial charge in [-0.15, -0.1) is 0 Å². The summed E-state index contributed by atoms with van der Waals surface area (Å²) in [6.45, 7) is 4.66. The summed E-state index contributed by atoms with van der Waals surface area (Å²) in [7, 11) is 3.44. The molecule has 0 saturated carbocycles. The van der Waals surface area contributed by atoms with Crippen LogP contribution in [0, 0.1) is 5.92 Å². The summed E-state index contributed by atoms with van der Waals surface area (Å²) in [5, 5.41) is 0. The molecule has 2 aromatic rings. The number of nitrogens with zero attached hydrogens (tertiary/aromatic N) is 2. The number of likely N-dealkylation sites (tertiary alicyclic amines) is 1. The lowest BCUT2D eigenvalue weighted by molar-refractivity contribution is 0.115. The van der Waals surface area contributed by atoms with Crippen molar-refractivity contribution >= 4 is 21.6 Å². The normalized spacial score (nSPS) is 19.1. The minimum atomic E-state index is 0.718. The average molecular weight is 473 g/mol. The lowest BCUT2D eigenvalue weighted by Gasteiger charge is -2.42. The Morgan fingerprint density at radius 3 is 2.30 bits per heavy atom. The molecule has 0 unspecified atom stereocenters. The Hall–Kier alpha value is -1.72. The number of anilines is 1. The van der Waals surface area contributed by atoms with E-state index >= 15 is 0 Å². The minimum Gasteiger partial charge on any atom is -0.497 e. The third-order valence-corrected chi connectivity index (χ3v) is 7.60. The zero-order chi connectivity index (χ0) is 20.9. The molecule has 0 spiro atoms. The third kappa shape index (κ3) is 4.94. The lowest BCUT2D eigenvalue weighted by Crippen LogP contribution is -2.48. The van der Waals surface area contributed by atoms with Gasteiger partial charge in [-0.3, -0.25) is 0 Å². The predicted octanol–water partition coefficient (Wildman–Crippen LogP) is 5.39. The largest absolute Gasteiger partial charge is 0.497 e. The van der Waals surface area contributed by atoms with Crippen LogP contribution in [0.5, 0.6) is 11.5 Å². The van der Waals surface area contributed by atoms with Gasteiger partial charge in [-0.05, 0) is 74.9 Å². The van der Waals surface area contributed by atoms with E-state index in [1.807, 2.05) is 12.1 Å².